The molecule has 4 rings (SSSR count). The standard InChI is InChI=1S/C20H19N5OS2/c1-12-16-18(25-13(2)15-6-4-8-27-15)23-11-24-20(16)28-17(12)19(26)22-10-14-5-3-7-21-9-14/h3-9,11,13H,10H2,1-2H3,(H,22,26)(H,23,24,25)/t13-/m0/s1. The highest BCUT2D eigenvalue weighted by Crippen LogP contribution is 2.35. The zero-order chi connectivity index (χ0) is 19.5. The van der Waals surface area contributed by atoms with E-state index in [1.165, 1.54) is 16.2 Å². The lowest BCUT2D eigenvalue weighted by Gasteiger charge is -2.13. The summed E-state index contributed by atoms with van der Waals surface area (Å²) in [5.74, 6) is 0.646. The predicted octanol–water partition coefficient (Wildman–Crippen LogP) is 4.56. The van der Waals surface area contributed by atoms with Gasteiger partial charge in [-0.3, -0.25) is 9.78 Å². The van der Waals surface area contributed by atoms with Crippen LogP contribution in [0.5, 0.6) is 0 Å². The number of carbonyl (C=O) groups excluding carboxylic acids is 1. The van der Waals surface area contributed by atoms with E-state index in [0.29, 0.717) is 11.4 Å². The van der Waals surface area contributed by atoms with E-state index in [1.807, 2.05) is 25.1 Å². The molecule has 0 radical (unpaired) electrons. The van der Waals surface area contributed by atoms with E-state index < -0.39 is 0 Å². The molecule has 0 saturated heterocycles. The van der Waals surface area contributed by atoms with Crippen LogP contribution < -0.4 is 10.6 Å². The third-order valence-electron chi connectivity index (χ3n) is 4.43. The average molecular weight is 410 g/mol. The fraction of sp³-hybridized carbons (Fsp3) is 0.200. The van der Waals surface area contributed by atoms with Crippen molar-refractivity contribution in [3.8, 4) is 0 Å². The highest BCUT2D eigenvalue weighted by atomic mass is 32.1. The smallest absolute Gasteiger partial charge is 0.261 e. The van der Waals surface area contributed by atoms with Gasteiger partial charge < -0.3 is 10.6 Å². The van der Waals surface area contributed by atoms with E-state index in [2.05, 4.69) is 44.0 Å². The molecule has 1 atom stereocenters. The topological polar surface area (TPSA) is 79.8 Å². The minimum absolute atomic E-state index is 0.110. The summed E-state index contributed by atoms with van der Waals surface area (Å²) in [6.07, 6.45) is 5.00. The Morgan fingerprint density at radius 2 is 2.14 bits per heavy atom. The zero-order valence-corrected chi connectivity index (χ0v) is 17.1. The molecule has 0 saturated carbocycles. The summed E-state index contributed by atoms with van der Waals surface area (Å²) in [6.45, 7) is 4.48. The van der Waals surface area contributed by atoms with Gasteiger partial charge in [-0.15, -0.1) is 22.7 Å². The highest BCUT2D eigenvalue weighted by molar-refractivity contribution is 7.20. The SMILES string of the molecule is Cc1c(C(=O)NCc2cccnc2)sc2ncnc(N[C@@H](C)c3cccs3)c12. The number of pyridine rings is 1. The first-order valence-corrected chi connectivity index (χ1v) is 10.5. The second kappa shape index (κ2) is 8.04. The van der Waals surface area contributed by atoms with Gasteiger partial charge >= 0.3 is 0 Å². The Labute approximate surface area is 170 Å². The number of aryl methyl sites for hydroxylation is 1. The number of carbonyl (C=O) groups is 1. The van der Waals surface area contributed by atoms with E-state index in [1.54, 1.807) is 30.1 Å². The van der Waals surface area contributed by atoms with Crippen LogP contribution in [0.4, 0.5) is 5.82 Å². The number of nitrogens with zero attached hydrogens (tertiary/aromatic N) is 3. The number of amides is 1. The van der Waals surface area contributed by atoms with Crippen LogP contribution in [-0.4, -0.2) is 20.9 Å². The molecule has 0 spiro atoms. The van der Waals surface area contributed by atoms with Crippen LogP contribution in [0.25, 0.3) is 10.2 Å². The van der Waals surface area contributed by atoms with Crippen molar-refractivity contribution < 1.29 is 4.79 Å². The molecular formula is C20H19N5OS2. The number of aromatic nitrogens is 3. The lowest BCUT2D eigenvalue weighted by atomic mass is 10.2. The van der Waals surface area contributed by atoms with Crippen molar-refractivity contribution in [2.24, 2.45) is 0 Å². The van der Waals surface area contributed by atoms with Gasteiger partial charge in [-0.2, -0.15) is 0 Å². The van der Waals surface area contributed by atoms with Gasteiger partial charge in [0.1, 0.15) is 17.0 Å². The molecule has 0 aliphatic rings. The second-order valence-corrected chi connectivity index (χ2v) is 8.36. The number of fused-ring (bicyclic) bond motifs is 1. The number of anilines is 1. The van der Waals surface area contributed by atoms with Crippen molar-refractivity contribution >= 4 is 44.6 Å². The number of hydrogen-bond donors (Lipinski definition) is 2. The Morgan fingerprint density at radius 3 is 2.89 bits per heavy atom. The van der Waals surface area contributed by atoms with E-state index in [0.717, 1.165) is 27.2 Å². The summed E-state index contributed by atoms with van der Waals surface area (Å²) in [7, 11) is 0. The Morgan fingerprint density at radius 1 is 1.25 bits per heavy atom. The van der Waals surface area contributed by atoms with Gasteiger partial charge in [0.25, 0.3) is 5.91 Å². The Hall–Kier alpha value is -2.84. The molecule has 0 aromatic carbocycles. The van der Waals surface area contributed by atoms with Crippen molar-refractivity contribution in [3.63, 3.8) is 0 Å². The number of nitrogens with one attached hydrogen (secondary N) is 2. The summed E-state index contributed by atoms with van der Waals surface area (Å²) in [5.41, 5.74) is 1.85. The fourth-order valence-corrected chi connectivity index (χ4v) is 4.78. The van der Waals surface area contributed by atoms with Gasteiger partial charge in [-0.05, 0) is 42.5 Å². The maximum absolute atomic E-state index is 12.7. The normalized spacial score (nSPS) is 12.1. The van der Waals surface area contributed by atoms with Crippen LogP contribution in [0.3, 0.4) is 0 Å². The number of thiophene rings is 2. The molecule has 4 aromatic rings. The van der Waals surface area contributed by atoms with Crippen LogP contribution in [0.1, 0.15) is 38.6 Å². The van der Waals surface area contributed by atoms with Crippen LogP contribution >= 0.6 is 22.7 Å². The summed E-state index contributed by atoms with van der Waals surface area (Å²) >= 11 is 3.09. The summed E-state index contributed by atoms with van der Waals surface area (Å²) in [6, 6.07) is 8.05. The van der Waals surface area contributed by atoms with Gasteiger partial charge in [-0.1, -0.05) is 12.1 Å². The summed E-state index contributed by atoms with van der Waals surface area (Å²) in [4.78, 5) is 28.3. The molecule has 28 heavy (non-hydrogen) atoms. The molecule has 0 aliphatic carbocycles. The van der Waals surface area contributed by atoms with E-state index >= 15 is 0 Å². The molecule has 8 heteroatoms. The molecule has 0 unspecified atom stereocenters. The van der Waals surface area contributed by atoms with Gasteiger partial charge in [0, 0.05) is 23.8 Å². The number of rotatable bonds is 6. The summed E-state index contributed by atoms with van der Waals surface area (Å²) in [5, 5.41) is 9.39. The molecule has 0 aliphatic heterocycles. The predicted molar refractivity (Wildman–Crippen MR) is 114 cm³/mol. The van der Waals surface area contributed by atoms with Gasteiger partial charge in [0.05, 0.1) is 16.3 Å². The Balaban J connectivity index is 1.59. The fourth-order valence-electron chi connectivity index (χ4n) is 2.98. The number of hydrogen-bond acceptors (Lipinski definition) is 7. The zero-order valence-electron chi connectivity index (χ0n) is 15.5. The Bertz CT molecular complexity index is 1090. The lowest BCUT2D eigenvalue weighted by Crippen LogP contribution is -2.22. The van der Waals surface area contributed by atoms with Crippen molar-refractivity contribution in [2.75, 3.05) is 5.32 Å². The minimum Gasteiger partial charge on any atom is -0.362 e. The molecule has 6 nitrogen and oxygen atoms in total. The van der Waals surface area contributed by atoms with E-state index in [9.17, 15) is 4.79 Å². The highest BCUT2D eigenvalue weighted by Gasteiger charge is 2.20. The Kier molecular flexibility index (Phi) is 5.31. The third-order valence-corrected chi connectivity index (χ3v) is 6.69. The molecule has 4 aromatic heterocycles. The van der Waals surface area contributed by atoms with Crippen LogP contribution in [0.15, 0.2) is 48.4 Å². The van der Waals surface area contributed by atoms with Crippen molar-refractivity contribution in [1.82, 2.24) is 20.3 Å². The maximum Gasteiger partial charge on any atom is 0.261 e. The van der Waals surface area contributed by atoms with Crippen LogP contribution in [0.2, 0.25) is 0 Å². The maximum atomic E-state index is 12.7. The molecule has 2 N–H and O–H groups in total. The first-order valence-electron chi connectivity index (χ1n) is 8.84. The largest absolute Gasteiger partial charge is 0.362 e. The van der Waals surface area contributed by atoms with E-state index in [4.69, 9.17) is 0 Å². The minimum atomic E-state index is -0.110. The third kappa shape index (κ3) is 3.74. The lowest BCUT2D eigenvalue weighted by molar-refractivity contribution is 0.0954. The van der Waals surface area contributed by atoms with Crippen molar-refractivity contribution in [3.05, 3.63) is 69.2 Å². The van der Waals surface area contributed by atoms with E-state index in [-0.39, 0.29) is 11.9 Å². The second-order valence-electron chi connectivity index (χ2n) is 6.38. The monoisotopic (exact) mass is 409 g/mol. The van der Waals surface area contributed by atoms with Gasteiger partial charge in [0.2, 0.25) is 0 Å². The first kappa shape index (κ1) is 18.5. The molecule has 1 amide bonds. The quantitative estimate of drug-likeness (QED) is 0.488. The van der Waals surface area contributed by atoms with Crippen LogP contribution in [-0.2, 0) is 6.54 Å². The molecular weight excluding hydrogens is 390 g/mol. The molecule has 0 fully saturated rings. The first-order chi connectivity index (χ1) is 13.6. The molecule has 4 heterocycles. The average Bonchev–Trinajstić information content (AvgIpc) is 3.36. The van der Waals surface area contributed by atoms with Gasteiger partial charge in [0.15, 0.2) is 0 Å². The van der Waals surface area contributed by atoms with Crippen molar-refractivity contribution in [1.29, 1.82) is 0 Å². The molecule has 0 bridgehead atoms. The summed E-state index contributed by atoms with van der Waals surface area (Å²) < 4.78 is 0. The van der Waals surface area contributed by atoms with Gasteiger partial charge in [-0.25, -0.2) is 9.97 Å². The van der Waals surface area contributed by atoms with Crippen LogP contribution in [0, 0.1) is 6.92 Å². The molecule has 142 valence electrons. The van der Waals surface area contributed by atoms with Crippen molar-refractivity contribution in [2.45, 2.75) is 26.4 Å².